The first-order valence-electron chi connectivity index (χ1n) is 7.28. The lowest BCUT2D eigenvalue weighted by molar-refractivity contribution is -0.139. The van der Waals surface area contributed by atoms with Crippen LogP contribution in [0.15, 0.2) is 12.3 Å². The molecular formula is C14H22F3N3. The van der Waals surface area contributed by atoms with Gasteiger partial charge in [0.15, 0.2) is 0 Å². The number of halogens is 3. The van der Waals surface area contributed by atoms with Crippen LogP contribution in [0.3, 0.4) is 0 Å². The second-order valence-corrected chi connectivity index (χ2v) is 5.68. The minimum atomic E-state index is -4.12. The van der Waals surface area contributed by atoms with E-state index in [4.69, 9.17) is 0 Å². The average molecular weight is 289 g/mol. The molecule has 1 aliphatic carbocycles. The standard InChI is InChI=1S/C14H22F3N3/c1-11(9-14(15,16)17)18-10-12-7-8-20(19-12)13-5-3-2-4-6-13/h7-8,11,13,18H,2-6,9-10H2,1H3. The molecule has 6 heteroatoms. The Balaban J connectivity index is 1.80. The zero-order valence-electron chi connectivity index (χ0n) is 11.8. The maximum atomic E-state index is 12.2. The van der Waals surface area contributed by atoms with Crippen molar-refractivity contribution in [2.45, 2.75) is 70.3 Å². The predicted octanol–water partition coefficient (Wildman–Crippen LogP) is 3.82. The van der Waals surface area contributed by atoms with E-state index in [1.807, 2.05) is 16.9 Å². The number of nitrogens with one attached hydrogen (secondary N) is 1. The molecular weight excluding hydrogens is 267 g/mol. The SMILES string of the molecule is CC(CC(F)(F)F)NCc1ccn(C2CCCCC2)n1. The highest BCUT2D eigenvalue weighted by Gasteiger charge is 2.29. The molecule has 0 aliphatic heterocycles. The van der Waals surface area contributed by atoms with Crippen LogP contribution >= 0.6 is 0 Å². The smallest absolute Gasteiger partial charge is 0.308 e. The molecule has 1 aliphatic rings. The number of hydrogen-bond acceptors (Lipinski definition) is 2. The summed E-state index contributed by atoms with van der Waals surface area (Å²) >= 11 is 0. The van der Waals surface area contributed by atoms with Gasteiger partial charge in [-0.1, -0.05) is 19.3 Å². The molecule has 114 valence electrons. The summed E-state index contributed by atoms with van der Waals surface area (Å²) in [5.41, 5.74) is 0.810. The number of rotatable bonds is 5. The molecule has 0 radical (unpaired) electrons. The van der Waals surface area contributed by atoms with Gasteiger partial charge in [-0.2, -0.15) is 18.3 Å². The number of nitrogens with zero attached hydrogens (tertiary/aromatic N) is 2. The summed E-state index contributed by atoms with van der Waals surface area (Å²) in [7, 11) is 0. The van der Waals surface area contributed by atoms with Crippen LogP contribution in [-0.4, -0.2) is 22.0 Å². The molecule has 2 rings (SSSR count). The summed E-state index contributed by atoms with van der Waals surface area (Å²) in [6, 6.07) is 1.77. The monoisotopic (exact) mass is 289 g/mol. The Morgan fingerprint density at radius 3 is 2.70 bits per heavy atom. The van der Waals surface area contributed by atoms with Gasteiger partial charge in [-0.3, -0.25) is 4.68 Å². The Kier molecular flexibility index (Phi) is 5.07. The van der Waals surface area contributed by atoms with Crippen molar-refractivity contribution in [3.8, 4) is 0 Å². The Hall–Kier alpha value is -1.04. The van der Waals surface area contributed by atoms with E-state index >= 15 is 0 Å². The van der Waals surface area contributed by atoms with E-state index in [1.165, 1.54) is 19.3 Å². The minimum absolute atomic E-state index is 0.386. The molecule has 0 saturated heterocycles. The van der Waals surface area contributed by atoms with Crippen molar-refractivity contribution in [2.75, 3.05) is 0 Å². The van der Waals surface area contributed by atoms with E-state index in [0.717, 1.165) is 18.5 Å². The maximum Gasteiger partial charge on any atom is 0.390 e. The number of aromatic nitrogens is 2. The van der Waals surface area contributed by atoms with Crippen LogP contribution in [0.5, 0.6) is 0 Å². The molecule has 0 spiro atoms. The summed E-state index contributed by atoms with van der Waals surface area (Å²) in [5, 5.41) is 7.35. The summed E-state index contributed by atoms with van der Waals surface area (Å²) < 4.78 is 38.6. The van der Waals surface area contributed by atoms with Gasteiger partial charge < -0.3 is 5.32 Å². The zero-order valence-corrected chi connectivity index (χ0v) is 11.8. The maximum absolute atomic E-state index is 12.2. The normalized spacial score (nSPS) is 19.2. The van der Waals surface area contributed by atoms with Gasteiger partial charge in [0.05, 0.1) is 18.2 Å². The predicted molar refractivity (Wildman–Crippen MR) is 71.3 cm³/mol. The first kappa shape index (κ1) is 15.4. The van der Waals surface area contributed by atoms with E-state index in [2.05, 4.69) is 10.4 Å². The molecule has 1 unspecified atom stereocenters. The minimum Gasteiger partial charge on any atom is -0.308 e. The quantitative estimate of drug-likeness (QED) is 0.893. The molecule has 1 fully saturated rings. The summed E-state index contributed by atoms with van der Waals surface area (Å²) in [5.74, 6) is 0. The fourth-order valence-electron chi connectivity index (χ4n) is 2.72. The molecule has 1 aromatic rings. The van der Waals surface area contributed by atoms with Crippen LogP contribution in [-0.2, 0) is 6.54 Å². The highest BCUT2D eigenvalue weighted by molar-refractivity contribution is 5.00. The van der Waals surface area contributed by atoms with E-state index in [9.17, 15) is 13.2 Å². The molecule has 3 nitrogen and oxygen atoms in total. The van der Waals surface area contributed by atoms with Gasteiger partial charge in [-0.25, -0.2) is 0 Å². The lowest BCUT2D eigenvalue weighted by Crippen LogP contribution is -2.30. The topological polar surface area (TPSA) is 29.9 Å². The lowest BCUT2D eigenvalue weighted by Gasteiger charge is -2.21. The molecule has 0 aromatic carbocycles. The third-order valence-electron chi connectivity index (χ3n) is 3.78. The number of alkyl halides is 3. The summed E-state index contributed by atoms with van der Waals surface area (Å²) in [6.07, 6.45) is 3.09. The van der Waals surface area contributed by atoms with Crippen molar-refractivity contribution in [2.24, 2.45) is 0 Å². The van der Waals surface area contributed by atoms with E-state index in [1.54, 1.807) is 6.92 Å². The second kappa shape index (κ2) is 6.61. The lowest BCUT2D eigenvalue weighted by atomic mass is 9.96. The fraction of sp³-hybridized carbons (Fsp3) is 0.786. The van der Waals surface area contributed by atoms with Gasteiger partial charge in [0.1, 0.15) is 0 Å². The van der Waals surface area contributed by atoms with Crippen LogP contribution in [0.25, 0.3) is 0 Å². The molecule has 1 N–H and O–H groups in total. The van der Waals surface area contributed by atoms with E-state index < -0.39 is 18.6 Å². The first-order chi connectivity index (χ1) is 9.44. The summed E-state index contributed by atoms with van der Waals surface area (Å²) in [6.45, 7) is 1.93. The van der Waals surface area contributed by atoms with Crippen LogP contribution in [0.4, 0.5) is 13.2 Å². The van der Waals surface area contributed by atoms with Crippen molar-refractivity contribution >= 4 is 0 Å². The van der Waals surface area contributed by atoms with Crippen LogP contribution in [0.1, 0.15) is 57.2 Å². The summed E-state index contributed by atoms with van der Waals surface area (Å²) in [4.78, 5) is 0. The zero-order chi connectivity index (χ0) is 14.6. The van der Waals surface area contributed by atoms with Gasteiger partial charge in [-0.15, -0.1) is 0 Å². The van der Waals surface area contributed by atoms with Gasteiger partial charge in [-0.05, 0) is 25.8 Å². The van der Waals surface area contributed by atoms with Crippen LogP contribution in [0, 0.1) is 0 Å². The van der Waals surface area contributed by atoms with Crippen molar-refractivity contribution in [1.82, 2.24) is 15.1 Å². The fourth-order valence-corrected chi connectivity index (χ4v) is 2.72. The Morgan fingerprint density at radius 1 is 1.35 bits per heavy atom. The molecule has 0 bridgehead atoms. The van der Waals surface area contributed by atoms with Crippen molar-refractivity contribution in [3.63, 3.8) is 0 Å². The number of hydrogen-bond donors (Lipinski definition) is 1. The third kappa shape index (κ3) is 4.81. The average Bonchev–Trinajstić information content (AvgIpc) is 2.84. The van der Waals surface area contributed by atoms with Gasteiger partial charge in [0.2, 0.25) is 0 Å². The van der Waals surface area contributed by atoms with Gasteiger partial charge >= 0.3 is 6.18 Å². The molecule has 1 heterocycles. The Labute approximate surface area is 117 Å². The van der Waals surface area contributed by atoms with Crippen LogP contribution < -0.4 is 5.32 Å². The molecule has 1 atom stereocenters. The van der Waals surface area contributed by atoms with Crippen LogP contribution in [0.2, 0.25) is 0 Å². The van der Waals surface area contributed by atoms with E-state index in [0.29, 0.717) is 12.6 Å². The Bertz CT molecular complexity index is 408. The molecule has 0 amide bonds. The molecule has 20 heavy (non-hydrogen) atoms. The van der Waals surface area contributed by atoms with Gasteiger partial charge in [0.25, 0.3) is 0 Å². The van der Waals surface area contributed by atoms with Gasteiger partial charge in [0, 0.05) is 18.8 Å². The van der Waals surface area contributed by atoms with Crippen molar-refractivity contribution in [1.29, 1.82) is 0 Å². The highest BCUT2D eigenvalue weighted by atomic mass is 19.4. The highest BCUT2D eigenvalue weighted by Crippen LogP contribution is 2.27. The third-order valence-corrected chi connectivity index (χ3v) is 3.78. The largest absolute Gasteiger partial charge is 0.390 e. The van der Waals surface area contributed by atoms with Crippen molar-refractivity contribution in [3.05, 3.63) is 18.0 Å². The Morgan fingerprint density at radius 2 is 2.05 bits per heavy atom. The van der Waals surface area contributed by atoms with Crippen molar-refractivity contribution < 1.29 is 13.2 Å². The molecule has 1 aromatic heterocycles. The molecule has 1 saturated carbocycles. The second-order valence-electron chi connectivity index (χ2n) is 5.68. The first-order valence-corrected chi connectivity index (χ1v) is 7.28. The van der Waals surface area contributed by atoms with E-state index in [-0.39, 0.29) is 0 Å².